The highest BCUT2D eigenvalue weighted by Gasteiger charge is 2.20. The van der Waals surface area contributed by atoms with E-state index in [1.807, 2.05) is 36.5 Å². The van der Waals surface area contributed by atoms with Crippen LogP contribution in [0.1, 0.15) is 17.2 Å². The summed E-state index contributed by atoms with van der Waals surface area (Å²) >= 11 is 3.40. The van der Waals surface area contributed by atoms with Crippen molar-refractivity contribution in [2.75, 3.05) is 21.3 Å². The van der Waals surface area contributed by atoms with Crippen LogP contribution in [-0.4, -0.2) is 43.2 Å². The molecule has 0 saturated carbocycles. The molecule has 1 unspecified atom stereocenters. The lowest BCUT2D eigenvalue weighted by atomic mass is 10.1. The number of nitrogens with zero attached hydrogens (tertiary/aromatic N) is 3. The van der Waals surface area contributed by atoms with E-state index in [-0.39, 0.29) is 0 Å². The van der Waals surface area contributed by atoms with Crippen molar-refractivity contribution >= 4 is 28.1 Å². The van der Waals surface area contributed by atoms with Crippen LogP contribution in [0, 0.1) is 0 Å². The highest BCUT2D eigenvalue weighted by molar-refractivity contribution is 9.10. The molecule has 0 fully saturated rings. The van der Waals surface area contributed by atoms with Crippen LogP contribution in [0.25, 0.3) is 5.69 Å². The van der Waals surface area contributed by atoms with E-state index in [9.17, 15) is 4.79 Å². The van der Waals surface area contributed by atoms with Crippen molar-refractivity contribution in [3.8, 4) is 17.2 Å². The molecule has 1 N–H and O–H groups in total. The molecule has 1 amide bonds. The number of amides is 1. The minimum atomic E-state index is -0.810. The summed E-state index contributed by atoms with van der Waals surface area (Å²) in [6.45, 7) is 0. The third-order valence-electron chi connectivity index (χ3n) is 4.32. The molecule has 0 saturated heterocycles. The number of nitrogens with one attached hydrogen (secondary N) is 1. The van der Waals surface area contributed by atoms with Gasteiger partial charge in [-0.25, -0.2) is 10.1 Å². The SMILES string of the molecule is COc1cc(/C=N/NC(=O)C(OC)c2ccc(-n3cccn3)cc2)c(OC)cc1Br. The first-order valence-electron chi connectivity index (χ1n) is 8.94. The van der Waals surface area contributed by atoms with Gasteiger partial charge in [0, 0.05) is 25.1 Å². The molecule has 0 aliphatic rings. The molecule has 30 heavy (non-hydrogen) atoms. The van der Waals surface area contributed by atoms with Crippen LogP contribution >= 0.6 is 15.9 Å². The molecule has 0 aliphatic carbocycles. The summed E-state index contributed by atoms with van der Waals surface area (Å²) in [7, 11) is 4.59. The normalized spacial score (nSPS) is 12.0. The Labute approximate surface area is 182 Å². The van der Waals surface area contributed by atoms with Crippen molar-refractivity contribution in [3.05, 3.63) is 70.5 Å². The highest BCUT2D eigenvalue weighted by Crippen LogP contribution is 2.31. The zero-order chi connectivity index (χ0) is 21.5. The number of carbonyl (C=O) groups excluding carboxylic acids is 1. The van der Waals surface area contributed by atoms with Gasteiger partial charge in [-0.2, -0.15) is 10.2 Å². The number of rotatable bonds is 8. The highest BCUT2D eigenvalue weighted by atomic mass is 79.9. The summed E-state index contributed by atoms with van der Waals surface area (Å²) in [5.41, 5.74) is 4.74. The van der Waals surface area contributed by atoms with Crippen molar-refractivity contribution in [1.29, 1.82) is 0 Å². The zero-order valence-corrected chi connectivity index (χ0v) is 18.3. The van der Waals surface area contributed by atoms with Crippen LogP contribution in [0.3, 0.4) is 0 Å². The van der Waals surface area contributed by atoms with E-state index in [1.165, 1.54) is 13.3 Å². The number of carbonyl (C=O) groups is 1. The van der Waals surface area contributed by atoms with Crippen LogP contribution in [0.4, 0.5) is 0 Å². The van der Waals surface area contributed by atoms with Gasteiger partial charge in [0.05, 0.1) is 30.6 Å². The van der Waals surface area contributed by atoms with Crippen LogP contribution < -0.4 is 14.9 Å². The minimum absolute atomic E-state index is 0.399. The maximum Gasteiger partial charge on any atom is 0.273 e. The molecule has 0 aliphatic heterocycles. The Hall–Kier alpha value is -3.17. The fourth-order valence-electron chi connectivity index (χ4n) is 2.83. The molecule has 0 spiro atoms. The minimum Gasteiger partial charge on any atom is -0.496 e. The smallest absolute Gasteiger partial charge is 0.273 e. The molecule has 9 heteroatoms. The number of methoxy groups -OCH3 is 3. The topological polar surface area (TPSA) is 87.0 Å². The molecule has 0 bridgehead atoms. The number of hydrogen-bond donors (Lipinski definition) is 1. The lowest BCUT2D eigenvalue weighted by molar-refractivity contribution is -0.131. The van der Waals surface area contributed by atoms with Gasteiger partial charge in [0.15, 0.2) is 6.10 Å². The van der Waals surface area contributed by atoms with Gasteiger partial charge in [0.2, 0.25) is 0 Å². The number of ether oxygens (including phenoxy) is 3. The Kier molecular flexibility index (Phi) is 7.21. The van der Waals surface area contributed by atoms with Gasteiger partial charge in [-0.15, -0.1) is 0 Å². The van der Waals surface area contributed by atoms with Gasteiger partial charge in [-0.1, -0.05) is 12.1 Å². The Morgan fingerprint density at radius 3 is 2.50 bits per heavy atom. The third-order valence-corrected chi connectivity index (χ3v) is 4.94. The Morgan fingerprint density at radius 2 is 1.90 bits per heavy atom. The van der Waals surface area contributed by atoms with E-state index < -0.39 is 12.0 Å². The summed E-state index contributed by atoms with van der Waals surface area (Å²) in [5.74, 6) is 0.803. The largest absolute Gasteiger partial charge is 0.496 e. The van der Waals surface area contributed by atoms with E-state index in [2.05, 4.69) is 31.6 Å². The summed E-state index contributed by atoms with van der Waals surface area (Å²) < 4.78 is 18.5. The Balaban J connectivity index is 1.71. The van der Waals surface area contributed by atoms with Crippen molar-refractivity contribution in [2.24, 2.45) is 5.10 Å². The molecular weight excluding hydrogens is 452 g/mol. The Morgan fingerprint density at radius 1 is 1.17 bits per heavy atom. The molecule has 3 aromatic rings. The van der Waals surface area contributed by atoms with Crippen LogP contribution in [0.2, 0.25) is 0 Å². The molecule has 3 rings (SSSR count). The van der Waals surface area contributed by atoms with Crippen LogP contribution in [0.15, 0.2) is 64.4 Å². The fourth-order valence-corrected chi connectivity index (χ4v) is 3.31. The standard InChI is InChI=1S/C21H21BrN4O4/c1-28-18-12-17(22)19(29-2)11-15(18)13-23-25-21(27)20(30-3)14-5-7-16(8-6-14)26-10-4-9-24-26/h4-13,20H,1-3H3,(H,25,27)/b23-13+. The predicted octanol–water partition coefficient (Wildman–Crippen LogP) is 3.49. The zero-order valence-electron chi connectivity index (χ0n) is 16.7. The number of hydrogen-bond acceptors (Lipinski definition) is 6. The summed E-state index contributed by atoms with van der Waals surface area (Å²) in [4.78, 5) is 12.6. The second-order valence-electron chi connectivity index (χ2n) is 6.12. The second kappa shape index (κ2) is 10.0. The molecular formula is C21H21BrN4O4. The first-order valence-corrected chi connectivity index (χ1v) is 9.74. The first-order chi connectivity index (χ1) is 14.6. The van der Waals surface area contributed by atoms with Crippen molar-refractivity contribution in [1.82, 2.24) is 15.2 Å². The maximum atomic E-state index is 12.6. The van der Waals surface area contributed by atoms with Crippen molar-refractivity contribution in [2.45, 2.75) is 6.10 Å². The number of aromatic nitrogens is 2. The number of hydrazone groups is 1. The van der Waals surface area contributed by atoms with Crippen molar-refractivity contribution < 1.29 is 19.0 Å². The summed E-state index contributed by atoms with van der Waals surface area (Å²) in [6, 6.07) is 12.7. The van der Waals surface area contributed by atoms with E-state index in [4.69, 9.17) is 14.2 Å². The fraction of sp³-hybridized carbons (Fsp3) is 0.190. The van der Waals surface area contributed by atoms with Gasteiger partial charge in [0.1, 0.15) is 11.5 Å². The monoisotopic (exact) mass is 472 g/mol. The lowest BCUT2D eigenvalue weighted by Gasteiger charge is -2.14. The maximum absolute atomic E-state index is 12.6. The van der Waals surface area contributed by atoms with Crippen molar-refractivity contribution in [3.63, 3.8) is 0 Å². The molecule has 2 aromatic carbocycles. The average Bonchev–Trinajstić information content (AvgIpc) is 3.30. The predicted molar refractivity (Wildman–Crippen MR) is 116 cm³/mol. The third kappa shape index (κ3) is 4.87. The number of benzene rings is 2. The quantitative estimate of drug-likeness (QED) is 0.400. The molecule has 0 radical (unpaired) electrons. The lowest BCUT2D eigenvalue weighted by Crippen LogP contribution is -2.26. The molecule has 1 aromatic heterocycles. The molecule has 1 atom stereocenters. The molecule has 8 nitrogen and oxygen atoms in total. The van der Waals surface area contributed by atoms with Gasteiger partial charge < -0.3 is 14.2 Å². The van der Waals surface area contributed by atoms with E-state index in [1.54, 1.807) is 37.2 Å². The molecule has 156 valence electrons. The van der Waals surface area contributed by atoms with E-state index in [0.29, 0.717) is 22.6 Å². The summed E-state index contributed by atoms with van der Waals surface area (Å²) in [6.07, 6.45) is 4.22. The molecule has 1 heterocycles. The van der Waals surface area contributed by atoms with Crippen LogP contribution in [-0.2, 0) is 9.53 Å². The van der Waals surface area contributed by atoms with E-state index in [0.717, 1.165) is 10.2 Å². The Bertz CT molecular complexity index is 1020. The second-order valence-corrected chi connectivity index (χ2v) is 6.98. The summed E-state index contributed by atoms with van der Waals surface area (Å²) in [5, 5.41) is 8.22. The first kappa shape index (κ1) is 21.5. The van der Waals surface area contributed by atoms with Gasteiger partial charge in [-0.3, -0.25) is 4.79 Å². The van der Waals surface area contributed by atoms with Gasteiger partial charge in [-0.05, 0) is 51.8 Å². The number of halogens is 1. The van der Waals surface area contributed by atoms with Gasteiger partial charge in [0.25, 0.3) is 5.91 Å². The van der Waals surface area contributed by atoms with Gasteiger partial charge >= 0.3 is 0 Å². The average molecular weight is 473 g/mol. The van der Waals surface area contributed by atoms with Crippen LogP contribution in [0.5, 0.6) is 11.5 Å². The van der Waals surface area contributed by atoms with E-state index >= 15 is 0 Å².